The Labute approximate surface area is 211 Å². The van der Waals surface area contributed by atoms with Gasteiger partial charge >= 0.3 is 0 Å². The lowest BCUT2D eigenvalue weighted by atomic mass is 9.88. The number of alkyl halides is 4. The van der Waals surface area contributed by atoms with Crippen molar-refractivity contribution in [3.8, 4) is 17.0 Å². The number of amides is 1. The van der Waals surface area contributed by atoms with Gasteiger partial charge in [0.25, 0.3) is 11.8 Å². The van der Waals surface area contributed by atoms with Gasteiger partial charge in [0.1, 0.15) is 17.1 Å². The van der Waals surface area contributed by atoms with E-state index in [-0.39, 0.29) is 42.3 Å². The van der Waals surface area contributed by atoms with Crippen LogP contribution < -0.4 is 10.1 Å². The Morgan fingerprint density at radius 2 is 1.97 bits per heavy atom. The Hall–Kier alpha value is -4.04. The van der Waals surface area contributed by atoms with Gasteiger partial charge in [-0.05, 0) is 17.7 Å². The molecule has 3 aromatic heterocycles. The molecule has 38 heavy (non-hydrogen) atoms. The predicted molar refractivity (Wildman–Crippen MR) is 124 cm³/mol. The molecule has 2 aliphatic rings. The van der Waals surface area contributed by atoms with Gasteiger partial charge in [-0.3, -0.25) is 4.79 Å². The van der Waals surface area contributed by atoms with Crippen molar-refractivity contribution in [2.75, 3.05) is 25.5 Å². The van der Waals surface area contributed by atoms with Crippen LogP contribution in [0, 0.1) is 5.82 Å². The summed E-state index contributed by atoms with van der Waals surface area (Å²) in [4.78, 5) is 16.8. The molecule has 1 atom stereocenters. The Balaban J connectivity index is 1.38. The van der Waals surface area contributed by atoms with E-state index in [1.165, 1.54) is 18.7 Å². The summed E-state index contributed by atoms with van der Waals surface area (Å²) in [6, 6.07) is 2.80. The molecule has 6 rings (SSSR count). The lowest BCUT2D eigenvalue weighted by Gasteiger charge is -2.34. The third-order valence-corrected chi connectivity index (χ3v) is 6.98. The van der Waals surface area contributed by atoms with Gasteiger partial charge in [-0.15, -0.1) is 10.2 Å². The number of methoxy groups -OCH3 is 1. The van der Waals surface area contributed by atoms with Gasteiger partial charge in [0, 0.05) is 26.3 Å². The summed E-state index contributed by atoms with van der Waals surface area (Å²) in [5.74, 6) is -7.50. The van der Waals surface area contributed by atoms with Crippen LogP contribution in [0.5, 0.6) is 5.88 Å². The molecule has 15 heteroatoms. The molecule has 0 unspecified atom stereocenters. The fourth-order valence-corrected chi connectivity index (χ4v) is 4.99. The molecule has 10 nitrogen and oxygen atoms in total. The number of hydrogen-bond donors (Lipinski definition) is 1. The number of benzene rings is 1. The van der Waals surface area contributed by atoms with E-state index in [9.17, 15) is 22.4 Å². The average molecular weight is 536 g/mol. The molecule has 0 radical (unpaired) electrons. The molecule has 0 spiro atoms. The van der Waals surface area contributed by atoms with Crippen molar-refractivity contribution in [2.24, 2.45) is 0 Å². The number of ether oxygens (including phenoxy) is 1. The molecule has 1 aromatic carbocycles. The van der Waals surface area contributed by atoms with E-state index in [0.717, 1.165) is 15.6 Å². The summed E-state index contributed by atoms with van der Waals surface area (Å²) in [5.41, 5.74) is 1.48. The highest BCUT2D eigenvalue weighted by molar-refractivity contribution is 5.90. The monoisotopic (exact) mass is 536 g/mol. The lowest BCUT2D eigenvalue weighted by Crippen LogP contribution is -2.38. The second-order valence-corrected chi connectivity index (χ2v) is 9.60. The van der Waals surface area contributed by atoms with Crippen LogP contribution in [0.15, 0.2) is 24.4 Å². The van der Waals surface area contributed by atoms with Crippen LogP contribution in [0.1, 0.15) is 25.8 Å². The molecule has 4 heterocycles. The zero-order valence-electron chi connectivity index (χ0n) is 20.1. The maximum absolute atomic E-state index is 15.3. The van der Waals surface area contributed by atoms with Gasteiger partial charge < -0.3 is 15.0 Å². The molecule has 1 amide bonds. The normalized spacial score (nSPS) is 20.7. The van der Waals surface area contributed by atoms with Crippen molar-refractivity contribution >= 4 is 28.4 Å². The van der Waals surface area contributed by atoms with Crippen LogP contribution in [-0.2, 0) is 4.79 Å². The molecule has 1 aliphatic heterocycles. The molecular formula is C23H21F5N8O2. The third kappa shape index (κ3) is 3.87. The number of halogens is 5. The van der Waals surface area contributed by atoms with E-state index in [1.807, 2.05) is 0 Å². The molecule has 1 saturated heterocycles. The van der Waals surface area contributed by atoms with Crippen LogP contribution in [0.2, 0.25) is 0 Å². The van der Waals surface area contributed by atoms with Gasteiger partial charge in [-0.2, -0.15) is 4.98 Å². The fraction of sp³-hybridized carbons (Fsp3) is 0.435. The second kappa shape index (κ2) is 8.23. The van der Waals surface area contributed by atoms with E-state index in [2.05, 4.69) is 25.7 Å². The van der Waals surface area contributed by atoms with Crippen molar-refractivity contribution in [2.45, 2.75) is 43.7 Å². The maximum atomic E-state index is 15.3. The van der Waals surface area contributed by atoms with Crippen LogP contribution in [-0.4, -0.2) is 78.5 Å². The first-order valence-corrected chi connectivity index (χ1v) is 11.7. The van der Waals surface area contributed by atoms with Gasteiger partial charge in [0.15, 0.2) is 5.82 Å². The number of carbonyl (C=O) groups is 1. The molecule has 2 fully saturated rings. The molecule has 4 aromatic rings. The molecular weight excluding hydrogens is 515 g/mol. The zero-order valence-corrected chi connectivity index (χ0v) is 20.1. The summed E-state index contributed by atoms with van der Waals surface area (Å²) in [6.07, 6.45) is 0.336. The van der Waals surface area contributed by atoms with Crippen molar-refractivity contribution in [3.05, 3.63) is 30.2 Å². The van der Waals surface area contributed by atoms with Gasteiger partial charge in [-0.1, -0.05) is 11.3 Å². The molecule has 1 N–H and O–H groups in total. The van der Waals surface area contributed by atoms with Gasteiger partial charge in [-0.25, -0.2) is 31.1 Å². The number of anilines is 1. The number of fused-ring (bicyclic) bond motifs is 2. The topological polar surface area (TPSA) is 102 Å². The molecule has 1 aliphatic carbocycles. The van der Waals surface area contributed by atoms with Gasteiger partial charge in [0.05, 0.1) is 37.0 Å². The van der Waals surface area contributed by atoms with E-state index in [1.54, 1.807) is 18.2 Å². The Morgan fingerprint density at radius 3 is 2.63 bits per heavy atom. The Kier molecular flexibility index (Phi) is 5.26. The SMILES string of the molecule is COc1nc(N[C@@H]2CN(C(C)=O)CC2(F)F)nn2cc(F)c(-c3ccc4nnn(C5CC(F)(F)C5)c4c3)c12. The van der Waals surface area contributed by atoms with Gasteiger partial charge in [0.2, 0.25) is 17.7 Å². The van der Waals surface area contributed by atoms with E-state index < -0.39 is 42.2 Å². The predicted octanol–water partition coefficient (Wildman–Crippen LogP) is 3.54. The summed E-state index contributed by atoms with van der Waals surface area (Å²) in [6.45, 7) is 0.204. The van der Waals surface area contributed by atoms with Crippen molar-refractivity contribution in [1.29, 1.82) is 0 Å². The highest BCUT2D eigenvalue weighted by atomic mass is 19.3. The van der Waals surface area contributed by atoms with Crippen LogP contribution in [0.3, 0.4) is 0 Å². The summed E-state index contributed by atoms with van der Waals surface area (Å²) < 4.78 is 79.1. The number of nitrogens with zero attached hydrogens (tertiary/aromatic N) is 7. The van der Waals surface area contributed by atoms with Crippen molar-refractivity contribution in [1.82, 2.24) is 34.5 Å². The number of rotatable bonds is 5. The van der Waals surface area contributed by atoms with Crippen molar-refractivity contribution < 1.29 is 31.5 Å². The minimum Gasteiger partial charge on any atom is -0.479 e. The first-order chi connectivity index (χ1) is 18.0. The fourth-order valence-electron chi connectivity index (χ4n) is 4.99. The minimum atomic E-state index is -3.24. The first kappa shape index (κ1) is 24.3. The summed E-state index contributed by atoms with van der Waals surface area (Å²) in [5, 5.41) is 14.7. The number of nitrogens with one attached hydrogen (secondary N) is 1. The third-order valence-electron chi connectivity index (χ3n) is 6.98. The highest BCUT2D eigenvalue weighted by Crippen LogP contribution is 2.46. The lowest BCUT2D eigenvalue weighted by molar-refractivity contribution is -0.129. The van der Waals surface area contributed by atoms with E-state index in [0.29, 0.717) is 16.6 Å². The highest BCUT2D eigenvalue weighted by Gasteiger charge is 2.49. The Bertz CT molecular complexity index is 1580. The number of hydrogen-bond acceptors (Lipinski definition) is 7. The number of carbonyl (C=O) groups excluding carboxylic acids is 1. The summed E-state index contributed by atoms with van der Waals surface area (Å²) in [7, 11) is 1.29. The van der Waals surface area contributed by atoms with Crippen LogP contribution in [0.4, 0.5) is 27.9 Å². The number of aromatic nitrogens is 6. The van der Waals surface area contributed by atoms with Crippen LogP contribution >= 0.6 is 0 Å². The zero-order chi connectivity index (χ0) is 27.0. The maximum Gasteiger partial charge on any atom is 0.286 e. The van der Waals surface area contributed by atoms with Crippen molar-refractivity contribution in [3.63, 3.8) is 0 Å². The van der Waals surface area contributed by atoms with E-state index in [4.69, 9.17) is 4.74 Å². The molecule has 1 saturated carbocycles. The Morgan fingerprint density at radius 1 is 1.21 bits per heavy atom. The molecule has 200 valence electrons. The smallest absolute Gasteiger partial charge is 0.286 e. The largest absolute Gasteiger partial charge is 0.479 e. The van der Waals surface area contributed by atoms with Crippen LogP contribution in [0.25, 0.3) is 27.7 Å². The second-order valence-electron chi connectivity index (χ2n) is 9.60. The van der Waals surface area contributed by atoms with E-state index >= 15 is 4.39 Å². The first-order valence-electron chi connectivity index (χ1n) is 11.7. The summed E-state index contributed by atoms with van der Waals surface area (Å²) >= 11 is 0. The minimum absolute atomic E-state index is 0.0657. The quantitative estimate of drug-likeness (QED) is 0.390. The number of likely N-dealkylation sites (tertiary alicyclic amines) is 1. The standard InChI is InChI=1S/C23H21F5N8O2/c1-11(37)34-9-17(23(27,28)10-34)29-21-30-20(38-2)19-18(14(24)8-35(19)32-21)12-3-4-15-16(5-12)36(33-31-15)13-6-22(25,26)7-13/h3-5,8,13,17H,6-7,9-10H2,1-2H3,(H,29,32)/t17-/m1/s1. The average Bonchev–Trinajstić information content (AvgIpc) is 3.49. The molecule has 0 bridgehead atoms.